The lowest BCUT2D eigenvalue weighted by Crippen LogP contribution is -2.41. The Hall–Kier alpha value is -1.73. The van der Waals surface area contributed by atoms with Crippen molar-refractivity contribution in [3.05, 3.63) is 53.9 Å². The zero-order valence-corrected chi connectivity index (χ0v) is 13.2. The molecule has 0 spiro atoms. The van der Waals surface area contributed by atoms with Gasteiger partial charge in [-0.05, 0) is 12.0 Å². The van der Waals surface area contributed by atoms with E-state index >= 15 is 0 Å². The lowest BCUT2D eigenvalue weighted by atomic mass is 10.0. The molecule has 2 aromatic rings. The van der Waals surface area contributed by atoms with E-state index in [1.807, 2.05) is 48.5 Å². The van der Waals surface area contributed by atoms with Gasteiger partial charge in [0.1, 0.15) is 0 Å². The number of benzene rings is 1. The van der Waals surface area contributed by atoms with Gasteiger partial charge in [0.05, 0.1) is 31.1 Å². The predicted octanol–water partition coefficient (Wildman–Crippen LogP) is -0.0703. The summed E-state index contributed by atoms with van der Waals surface area (Å²) in [6.45, 7) is 0.342. The molecule has 3 N–H and O–H groups in total. The molecule has 4 atom stereocenters. The van der Waals surface area contributed by atoms with Crippen molar-refractivity contribution in [2.24, 2.45) is 7.05 Å². The number of aliphatic hydroxyl groups is 3. The normalized spacial score (nSPS) is 28.3. The molecular weight excluding hydrogens is 294 g/mol. The van der Waals surface area contributed by atoms with Gasteiger partial charge in [-0.15, -0.1) is 0 Å². The Morgan fingerprint density at radius 3 is 2.35 bits per heavy atom. The molecule has 0 amide bonds. The second kappa shape index (κ2) is 6.80. The van der Waals surface area contributed by atoms with Gasteiger partial charge in [0.2, 0.25) is 0 Å². The molecule has 6 heteroatoms. The van der Waals surface area contributed by atoms with Crippen LogP contribution in [0.1, 0.15) is 11.1 Å². The molecule has 1 aliphatic heterocycles. The number of likely N-dealkylation sites (tertiary alicyclic amines) is 1. The van der Waals surface area contributed by atoms with Crippen molar-refractivity contribution in [2.45, 2.75) is 37.3 Å². The van der Waals surface area contributed by atoms with Gasteiger partial charge >= 0.3 is 0 Å². The molecule has 1 aromatic heterocycles. The van der Waals surface area contributed by atoms with Crippen molar-refractivity contribution < 1.29 is 15.3 Å². The fourth-order valence-corrected chi connectivity index (χ4v) is 3.40. The number of aromatic nitrogens is 2. The van der Waals surface area contributed by atoms with Gasteiger partial charge in [0.15, 0.2) is 0 Å². The fourth-order valence-electron chi connectivity index (χ4n) is 3.40. The highest BCUT2D eigenvalue weighted by Crippen LogP contribution is 2.29. The second-order valence-corrected chi connectivity index (χ2v) is 6.18. The van der Waals surface area contributed by atoms with E-state index in [-0.39, 0.29) is 12.6 Å². The van der Waals surface area contributed by atoms with E-state index in [0.717, 1.165) is 11.1 Å². The summed E-state index contributed by atoms with van der Waals surface area (Å²) in [5, 5.41) is 34.6. The molecule has 6 nitrogen and oxygen atoms in total. The molecule has 0 bridgehead atoms. The highest BCUT2D eigenvalue weighted by molar-refractivity contribution is 5.19. The smallest absolute Gasteiger partial charge is 0.0991 e. The molecular formula is C17H23N3O3. The van der Waals surface area contributed by atoms with Crippen LogP contribution in [0, 0.1) is 0 Å². The van der Waals surface area contributed by atoms with E-state index in [4.69, 9.17) is 0 Å². The Bertz CT molecular complexity index is 631. The van der Waals surface area contributed by atoms with Crippen molar-refractivity contribution in [1.82, 2.24) is 14.7 Å². The van der Waals surface area contributed by atoms with E-state index < -0.39 is 18.2 Å². The van der Waals surface area contributed by atoms with Crippen LogP contribution in [0.3, 0.4) is 0 Å². The van der Waals surface area contributed by atoms with Gasteiger partial charge < -0.3 is 15.3 Å². The largest absolute Gasteiger partial charge is 0.395 e. The summed E-state index contributed by atoms with van der Waals surface area (Å²) >= 11 is 0. The minimum atomic E-state index is -0.953. The lowest BCUT2D eigenvalue weighted by Gasteiger charge is -2.29. The predicted molar refractivity (Wildman–Crippen MR) is 85.6 cm³/mol. The van der Waals surface area contributed by atoms with E-state index in [1.165, 1.54) is 0 Å². The van der Waals surface area contributed by atoms with Crippen LogP contribution in [-0.2, 0) is 20.0 Å². The van der Waals surface area contributed by atoms with Crippen LogP contribution in [0.15, 0.2) is 42.7 Å². The van der Waals surface area contributed by atoms with Crippen molar-refractivity contribution in [2.75, 3.05) is 6.61 Å². The summed E-state index contributed by atoms with van der Waals surface area (Å²) in [7, 11) is 1.85. The summed E-state index contributed by atoms with van der Waals surface area (Å²) in [4.78, 5) is 1.99. The molecule has 0 unspecified atom stereocenters. The first-order chi connectivity index (χ1) is 11.1. The zero-order chi connectivity index (χ0) is 16.4. The molecule has 23 heavy (non-hydrogen) atoms. The van der Waals surface area contributed by atoms with Gasteiger partial charge in [-0.1, -0.05) is 30.3 Å². The maximum Gasteiger partial charge on any atom is 0.0991 e. The highest BCUT2D eigenvalue weighted by atomic mass is 16.3. The van der Waals surface area contributed by atoms with Crippen LogP contribution in [0.25, 0.3) is 0 Å². The first-order valence-corrected chi connectivity index (χ1v) is 7.84. The number of nitrogens with zero attached hydrogens (tertiary/aromatic N) is 3. The summed E-state index contributed by atoms with van der Waals surface area (Å²) < 4.78 is 1.72. The topological polar surface area (TPSA) is 81.8 Å². The van der Waals surface area contributed by atoms with Gasteiger partial charge in [0.25, 0.3) is 0 Å². The van der Waals surface area contributed by atoms with E-state index in [1.54, 1.807) is 10.9 Å². The van der Waals surface area contributed by atoms with Gasteiger partial charge in [-0.25, -0.2) is 0 Å². The molecule has 0 aliphatic carbocycles. The number of hydrogen-bond donors (Lipinski definition) is 3. The Kier molecular flexibility index (Phi) is 4.77. The van der Waals surface area contributed by atoms with Crippen LogP contribution < -0.4 is 0 Å². The third-order valence-corrected chi connectivity index (χ3v) is 4.59. The van der Waals surface area contributed by atoms with E-state index in [2.05, 4.69) is 5.10 Å². The number of aryl methyl sites for hydroxylation is 1. The van der Waals surface area contributed by atoms with Crippen LogP contribution in [0.4, 0.5) is 0 Å². The molecule has 1 saturated heterocycles. The van der Waals surface area contributed by atoms with Crippen molar-refractivity contribution in [3.63, 3.8) is 0 Å². The number of aliphatic hydroxyl groups excluding tert-OH is 3. The van der Waals surface area contributed by atoms with E-state index in [0.29, 0.717) is 13.0 Å². The molecule has 2 heterocycles. The first kappa shape index (κ1) is 16.1. The minimum absolute atomic E-state index is 0.191. The molecule has 124 valence electrons. The van der Waals surface area contributed by atoms with Crippen molar-refractivity contribution in [1.29, 1.82) is 0 Å². The Morgan fingerprint density at radius 1 is 1.04 bits per heavy atom. The Labute approximate surface area is 135 Å². The van der Waals surface area contributed by atoms with Crippen LogP contribution in [0.2, 0.25) is 0 Å². The third kappa shape index (κ3) is 3.30. The fraction of sp³-hybridized carbons (Fsp3) is 0.471. The molecule has 1 aliphatic rings. The summed E-state index contributed by atoms with van der Waals surface area (Å²) in [6.07, 6.45) is 2.46. The average Bonchev–Trinajstić information content (AvgIpc) is 3.06. The standard InChI is InChI=1S/C17H23N3O3/c1-19-9-13(8-18-19)10-20-14(7-12-5-3-2-4-6-12)16(22)17(23)15(20)11-21/h2-6,8-9,14-17,21-23H,7,10-11H2,1H3/t14-,15+,16-,17+/m0/s1. The maximum atomic E-state index is 10.5. The Balaban J connectivity index is 1.83. The molecule has 0 radical (unpaired) electrons. The number of hydrogen-bond acceptors (Lipinski definition) is 5. The second-order valence-electron chi connectivity index (χ2n) is 6.18. The third-order valence-electron chi connectivity index (χ3n) is 4.59. The average molecular weight is 317 g/mol. The zero-order valence-electron chi connectivity index (χ0n) is 13.2. The SMILES string of the molecule is Cn1cc(CN2[C@H](CO)[C@@H](O)[C@@H](O)[C@@H]2Cc2ccccc2)cn1. The van der Waals surface area contributed by atoms with Gasteiger partial charge in [-0.2, -0.15) is 5.10 Å². The summed E-state index contributed by atoms with van der Waals surface area (Å²) in [5.41, 5.74) is 2.09. The van der Waals surface area contributed by atoms with Crippen molar-refractivity contribution >= 4 is 0 Å². The summed E-state index contributed by atoms with van der Waals surface area (Å²) in [5.74, 6) is 0. The Morgan fingerprint density at radius 2 is 1.74 bits per heavy atom. The quantitative estimate of drug-likeness (QED) is 0.719. The van der Waals surface area contributed by atoms with Crippen LogP contribution >= 0.6 is 0 Å². The lowest BCUT2D eigenvalue weighted by molar-refractivity contribution is 0.0178. The van der Waals surface area contributed by atoms with Crippen molar-refractivity contribution in [3.8, 4) is 0 Å². The minimum Gasteiger partial charge on any atom is -0.395 e. The highest BCUT2D eigenvalue weighted by Gasteiger charge is 2.46. The van der Waals surface area contributed by atoms with Crippen LogP contribution in [0.5, 0.6) is 0 Å². The molecule has 3 rings (SSSR count). The number of rotatable bonds is 5. The maximum absolute atomic E-state index is 10.5. The monoisotopic (exact) mass is 317 g/mol. The summed E-state index contributed by atoms with van der Waals surface area (Å²) in [6, 6.07) is 9.17. The molecule has 1 fully saturated rings. The van der Waals surface area contributed by atoms with Gasteiger partial charge in [0, 0.05) is 31.4 Å². The van der Waals surface area contributed by atoms with Gasteiger partial charge in [-0.3, -0.25) is 9.58 Å². The van der Waals surface area contributed by atoms with E-state index in [9.17, 15) is 15.3 Å². The first-order valence-electron chi connectivity index (χ1n) is 7.84. The van der Waals surface area contributed by atoms with Crippen LogP contribution in [-0.4, -0.2) is 60.9 Å². The molecule has 0 saturated carbocycles. The molecule has 1 aromatic carbocycles.